The van der Waals surface area contributed by atoms with E-state index in [1.165, 1.54) is 0 Å². The van der Waals surface area contributed by atoms with Gasteiger partial charge in [0.25, 0.3) is 0 Å². The molecule has 1 aromatic heterocycles. The van der Waals surface area contributed by atoms with Crippen molar-refractivity contribution in [1.82, 2.24) is 14.9 Å². The van der Waals surface area contributed by atoms with Crippen LogP contribution in [0.25, 0.3) is 11.0 Å². The topological polar surface area (TPSA) is 72.9 Å². The number of carbonyl (C=O) groups is 1. The van der Waals surface area contributed by atoms with E-state index < -0.39 is 6.04 Å². The number of hydrogen-bond donors (Lipinski definition) is 2. The highest BCUT2D eigenvalue weighted by Gasteiger charge is 2.14. The van der Waals surface area contributed by atoms with Crippen molar-refractivity contribution in [3.8, 4) is 0 Å². The van der Waals surface area contributed by atoms with Crippen molar-refractivity contribution in [3.63, 3.8) is 0 Å². The quantitative estimate of drug-likeness (QED) is 0.685. The number of hydrogen-bond acceptors (Lipinski definition) is 3. The molecule has 3 N–H and O–H groups in total. The van der Waals surface area contributed by atoms with Crippen LogP contribution >= 0.6 is 0 Å². The fraction of sp³-hybridized carbons (Fsp3) is 0.263. The standard InChI is InChI=1S/C19H22N4O/c1-14-7-9-15(10-8-14)18(20)19(24)21-11-4-12-23-13-22-16-5-2-3-6-17(16)23/h2-3,5-10,13,18H,4,11-12,20H2,1H3,(H,21,24). The van der Waals surface area contributed by atoms with Crippen molar-refractivity contribution >= 4 is 16.9 Å². The second kappa shape index (κ2) is 7.27. The van der Waals surface area contributed by atoms with Gasteiger partial charge in [-0.1, -0.05) is 42.0 Å². The smallest absolute Gasteiger partial charge is 0.241 e. The van der Waals surface area contributed by atoms with Gasteiger partial charge in [0.2, 0.25) is 5.91 Å². The van der Waals surface area contributed by atoms with E-state index in [9.17, 15) is 4.79 Å². The number of benzene rings is 2. The highest BCUT2D eigenvalue weighted by atomic mass is 16.2. The maximum Gasteiger partial charge on any atom is 0.241 e. The lowest BCUT2D eigenvalue weighted by Gasteiger charge is -2.13. The Balaban J connectivity index is 1.49. The Bertz CT molecular complexity index is 823. The van der Waals surface area contributed by atoms with Gasteiger partial charge in [0.1, 0.15) is 6.04 Å². The van der Waals surface area contributed by atoms with E-state index in [0.717, 1.165) is 35.1 Å². The van der Waals surface area contributed by atoms with E-state index in [2.05, 4.69) is 14.9 Å². The van der Waals surface area contributed by atoms with Gasteiger partial charge in [0, 0.05) is 13.1 Å². The first kappa shape index (κ1) is 16.2. The van der Waals surface area contributed by atoms with Crippen LogP contribution in [0.3, 0.4) is 0 Å². The van der Waals surface area contributed by atoms with Gasteiger partial charge < -0.3 is 15.6 Å². The Kier molecular flexibility index (Phi) is 4.91. The minimum atomic E-state index is -0.625. The van der Waals surface area contributed by atoms with Gasteiger partial charge in [0.15, 0.2) is 0 Å². The molecule has 0 aliphatic heterocycles. The van der Waals surface area contributed by atoms with Crippen molar-refractivity contribution in [2.75, 3.05) is 6.54 Å². The lowest BCUT2D eigenvalue weighted by molar-refractivity contribution is -0.122. The largest absolute Gasteiger partial charge is 0.354 e. The minimum absolute atomic E-state index is 0.144. The predicted octanol–water partition coefficient (Wildman–Crippen LogP) is 2.55. The normalized spacial score (nSPS) is 12.2. The summed E-state index contributed by atoms with van der Waals surface area (Å²) < 4.78 is 2.10. The third kappa shape index (κ3) is 3.63. The fourth-order valence-corrected chi connectivity index (χ4v) is 2.68. The Hall–Kier alpha value is -2.66. The number of nitrogens with two attached hydrogens (primary N) is 1. The van der Waals surface area contributed by atoms with E-state index in [-0.39, 0.29) is 5.91 Å². The van der Waals surface area contributed by atoms with Crippen LogP contribution in [0.1, 0.15) is 23.6 Å². The molecule has 2 aromatic carbocycles. The maximum atomic E-state index is 12.1. The molecule has 0 saturated carbocycles. The Labute approximate surface area is 141 Å². The second-order valence-electron chi connectivity index (χ2n) is 5.96. The summed E-state index contributed by atoms with van der Waals surface area (Å²) in [5.74, 6) is -0.144. The van der Waals surface area contributed by atoms with Crippen molar-refractivity contribution in [3.05, 3.63) is 66.0 Å². The molecular weight excluding hydrogens is 300 g/mol. The lowest BCUT2D eigenvalue weighted by atomic mass is 10.1. The minimum Gasteiger partial charge on any atom is -0.354 e. The number of para-hydroxylation sites is 2. The molecule has 124 valence electrons. The van der Waals surface area contributed by atoms with Crippen LogP contribution in [-0.2, 0) is 11.3 Å². The van der Waals surface area contributed by atoms with E-state index in [1.807, 2.05) is 61.8 Å². The zero-order chi connectivity index (χ0) is 16.9. The van der Waals surface area contributed by atoms with E-state index in [0.29, 0.717) is 6.54 Å². The van der Waals surface area contributed by atoms with Crippen molar-refractivity contribution < 1.29 is 4.79 Å². The molecule has 1 unspecified atom stereocenters. The number of aryl methyl sites for hydroxylation is 2. The van der Waals surface area contributed by atoms with Crippen LogP contribution < -0.4 is 11.1 Å². The van der Waals surface area contributed by atoms with Crippen LogP contribution in [-0.4, -0.2) is 22.0 Å². The maximum absolute atomic E-state index is 12.1. The third-order valence-corrected chi connectivity index (χ3v) is 4.12. The molecule has 24 heavy (non-hydrogen) atoms. The van der Waals surface area contributed by atoms with E-state index >= 15 is 0 Å². The molecular formula is C19H22N4O. The Morgan fingerprint density at radius 1 is 1.21 bits per heavy atom. The summed E-state index contributed by atoms with van der Waals surface area (Å²) in [6, 6.07) is 15.1. The van der Waals surface area contributed by atoms with Gasteiger partial charge in [-0.15, -0.1) is 0 Å². The van der Waals surface area contributed by atoms with Crippen LogP contribution in [0, 0.1) is 6.92 Å². The summed E-state index contributed by atoms with van der Waals surface area (Å²) in [6.45, 7) is 3.40. The molecule has 3 aromatic rings. The van der Waals surface area contributed by atoms with Crippen LogP contribution in [0.15, 0.2) is 54.9 Å². The monoisotopic (exact) mass is 322 g/mol. The molecule has 0 saturated heterocycles. The van der Waals surface area contributed by atoms with Crippen molar-refractivity contribution in [2.45, 2.75) is 25.9 Å². The third-order valence-electron chi connectivity index (χ3n) is 4.12. The first-order valence-corrected chi connectivity index (χ1v) is 8.15. The van der Waals surface area contributed by atoms with E-state index in [1.54, 1.807) is 0 Å². The van der Waals surface area contributed by atoms with Gasteiger partial charge in [0.05, 0.1) is 17.4 Å². The van der Waals surface area contributed by atoms with Crippen LogP contribution in [0.4, 0.5) is 0 Å². The average Bonchev–Trinajstić information content (AvgIpc) is 3.02. The molecule has 0 spiro atoms. The van der Waals surface area contributed by atoms with Gasteiger partial charge in [-0.05, 0) is 31.0 Å². The summed E-state index contributed by atoms with van der Waals surface area (Å²) in [6.07, 6.45) is 2.66. The summed E-state index contributed by atoms with van der Waals surface area (Å²) in [4.78, 5) is 16.5. The number of amides is 1. The van der Waals surface area contributed by atoms with Crippen LogP contribution in [0.5, 0.6) is 0 Å². The van der Waals surface area contributed by atoms with E-state index in [4.69, 9.17) is 5.73 Å². The van der Waals surface area contributed by atoms with Crippen molar-refractivity contribution in [2.24, 2.45) is 5.73 Å². The molecule has 0 aliphatic carbocycles. The molecule has 0 fully saturated rings. The first-order chi connectivity index (χ1) is 11.6. The number of carbonyl (C=O) groups excluding carboxylic acids is 1. The molecule has 0 aliphatic rings. The number of imidazole rings is 1. The zero-order valence-corrected chi connectivity index (χ0v) is 13.8. The predicted molar refractivity (Wildman–Crippen MR) is 95.5 cm³/mol. The van der Waals surface area contributed by atoms with Crippen molar-refractivity contribution in [1.29, 1.82) is 0 Å². The number of rotatable bonds is 6. The molecule has 5 heteroatoms. The molecule has 0 bridgehead atoms. The Morgan fingerprint density at radius 3 is 2.75 bits per heavy atom. The highest BCUT2D eigenvalue weighted by molar-refractivity contribution is 5.82. The summed E-state index contributed by atoms with van der Waals surface area (Å²) in [5.41, 5.74) is 10.1. The molecule has 5 nitrogen and oxygen atoms in total. The molecule has 0 radical (unpaired) electrons. The van der Waals surface area contributed by atoms with Crippen LogP contribution in [0.2, 0.25) is 0 Å². The number of nitrogens with zero attached hydrogens (tertiary/aromatic N) is 2. The average molecular weight is 322 g/mol. The second-order valence-corrected chi connectivity index (χ2v) is 5.96. The number of aromatic nitrogens is 2. The number of nitrogens with one attached hydrogen (secondary N) is 1. The SMILES string of the molecule is Cc1ccc(C(N)C(=O)NCCCn2cnc3ccccc32)cc1. The summed E-state index contributed by atoms with van der Waals surface area (Å²) in [5, 5.41) is 2.91. The van der Waals surface area contributed by atoms with Gasteiger partial charge in [-0.25, -0.2) is 4.98 Å². The lowest BCUT2D eigenvalue weighted by Crippen LogP contribution is -2.34. The fourth-order valence-electron chi connectivity index (χ4n) is 2.68. The molecule has 1 atom stereocenters. The summed E-state index contributed by atoms with van der Waals surface area (Å²) in [7, 11) is 0. The summed E-state index contributed by atoms with van der Waals surface area (Å²) >= 11 is 0. The highest BCUT2D eigenvalue weighted by Crippen LogP contribution is 2.13. The van der Waals surface area contributed by atoms with Gasteiger partial charge >= 0.3 is 0 Å². The zero-order valence-electron chi connectivity index (χ0n) is 13.8. The molecule has 3 rings (SSSR count). The van der Waals surface area contributed by atoms with Gasteiger partial charge in [-0.3, -0.25) is 4.79 Å². The molecule has 1 amide bonds. The molecule has 1 heterocycles. The first-order valence-electron chi connectivity index (χ1n) is 8.15. The number of fused-ring (bicyclic) bond motifs is 1. The van der Waals surface area contributed by atoms with Gasteiger partial charge in [-0.2, -0.15) is 0 Å². The Morgan fingerprint density at radius 2 is 1.96 bits per heavy atom.